The van der Waals surface area contributed by atoms with E-state index in [4.69, 9.17) is 18.9 Å². The molecule has 39 heavy (non-hydrogen) atoms. The van der Waals surface area contributed by atoms with E-state index in [0.717, 1.165) is 6.66 Å². The standard InChI is InChI=1S/C19H35N3O15P2/c1-38(29,30)37-13-4-2-12(3-5-13)22-18(27)19(28)35-9-7-21-17(26)15(24)14(23)16(25)20-6-8-34-10-11-36-39(31,32)33/h12-15,23-24H,2-11H2,1H3,(H,20,25)(H,21,26)(H,22,27)(H,29,30)(H2,31,32,33)/p-2/t12?,13?,14-,15-/m1/s1. The maximum atomic E-state index is 12.0. The summed E-state index contributed by atoms with van der Waals surface area (Å²) in [5.41, 5.74) is 0. The smallest absolute Gasteiger partial charge is 0.396 e. The van der Waals surface area contributed by atoms with E-state index in [9.17, 15) is 48.3 Å². The molecule has 1 saturated carbocycles. The van der Waals surface area contributed by atoms with Gasteiger partial charge in [-0.15, -0.1) is 0 Å². The van der Waals surface area contributed by atoms with Gasteiger partial charge in [0, 0.05) is 19.3 Å². The number of phosphoric ester groups is 1. The number of aliphatic hydroxyl groups excluding tert-OH is 2. The van der Waals surface area contributed by atoms with Crippen molar-refractivity contribution >= 4 is 39.1 Å². The Hall–Kier alpha value is -1.98. The van der Waals surface area contributed by atoms with Crippen molar-refractivity contribution in [3.05, 3.63) is 0 Å². The molecule has 226 valence electrons. The Balaban J connectivity index is 2.20. The molecule has 0 heterocycles. The molecule has 2 unspecified atom stereocenters. The van der Waals surface area contributed by atoms with Gasteiger partial charge in [-0.25, -0.2) is 4.79 Å². The Kier molecular flexibility index (Phi) is 15.3. The van der Waals surface area contributed by atoms with Crippen LogP contribution in [0, 0.1) is 0 Å². The molecule has 0 radical (unpaired) electrons. The summed E-state index contributed by atoms with van der Waals surface area (Å²) in [6, 6.07) is -0.374. The number of ether oxygens (including phenoxy) is 2. The van der Waals surface area contributed by atoms with Crippen LogP contribution in [0.2, 0.25) is 0 Å². The van der Waals surface area contributed by atoms with Gasteiger partial charge in [-0.05, 0) is 25.7 Å². The first kappa shape index (κ1) is 35.0. The maximum Gasteiger partial charge on any atom is 0.396 e. The minimum Gasteiger partial charge on any atom is -0.779 e. The van der Waals surface area contributed by atoms with Gasteiger partial charge in [0.05, 0.1) is 32.5 Å². The fourth-order valence-corrected chi connectivity index (χ4v) is 4.32. The van der Waals surface area contributed by atoms with Gasteiger partial charge in [-0.2, -0.15) is 0 Å². The zero-order valence-corrected chi connectivity index (χ0v) is 22.8. The van der Waals surface area contributed by atoms with Crippen LogP contribution in [0.15, 0.2) is 0 Å². The Bertz CT molecular complexity index is 916. The van der Waals surface area contributed by atoms with Crippen LogP contribution < -0.4 is 25.7 Å². The molecule has 3 amide bonds. The zero-order valence-electron chi connectivity index (χ0n) is 21.0. The molecule has 0 spiro atoms. The first-order valence-corrected chi connectivity index (χ1v) is 15.2. The Morgan fingerprint density at radius 3 is 1.95 bits per heavy atom. The summed E-state index contributed by atoms with van der Waals surface area (Å²) in [6.07, 6.45) is -3.26. The average molecular weight is 605 g/mol. The van der Waals surface area contributed by atoms with Gasteiger partial charge >= 0.3 is 11.9 Å². The normalized spacial score (nSPS) is 21.9. The number of rotatable bonds is 16. The fourth-order valence-electron chi connectivity index (χ4n) is 3.27. The Labute approximate surface area is 223 Å². The van der Waals surface area contributed by atoms with Crippen molar-refractivity contribution < 1.29 is 71.7 Å². The number of phosphoric acid groups is 1. The lowest BCUT2D eigenvalue weighted by molar-refractivity contribution is -0.220. The van der Waals surface area contributed by atoms with Crippen LogP contribution in [-0.4, -0.2) is 109 Å². The van der Waals surface area contributed by atoms with E-state index in [-0.39, 0.29) is 32.3 Å². The van der Waals surface area contributed by atoms with Crippen molar-refractivity contribution in [2.75, 3.05) is 46.2 Å². The summed E-state index contributed by atoms with van der Waals surface area (Å²) >= 11 is 0. The summed E-state index contributed by atoms with van der Waals surface area (Å²) < 4.78 is 40.1. The van der Waals surface area contributed by atoms with E-state index in [1.165, 1.54) is 0 Å². The highest BCUT2D eigenvalue weighted by atomic mass is 31.2. The topological polar surface area (TPSA) is 282 Å². The highest BCUT2D eigenvalue weighted by molar-refractivity contribution is 7.50. The molecule has 4 atom stereocenters. The van der Waals surface area contributed by atoms with Crippen LogP contribution in [0.25, 0.3) is 0 Å². The second-order valence-electron chi connectivity index (χ2n) is 8.35. The quantitative estimate of drug-likeness (QED) is 0.0419. The lowest BCUT2D eigenvalue weighted by Gasteiger charge is -2.32. The lowest BCUT2D eigenvalue weighted by atomic mass is 9.93. The van der Waals surface area contributed by atoms with Gasteiger partial charge in [0.25, 0.3) is 19.6 Å². The van der Waals surface area contributed by atoms with Crippen molar-refractivity contribution in [3.8, 4) is 0 Å². The lowest BCUT2D eigenvalue weighted by Crippen LogP contribution is -2.50. The van der Waals surface area contributed by atoms with Crippen molar-refractivity contribution in [1.82, 2.24) is 16.0 Å². The van der Waals surface area contributed by atoms with Gasteiger partial charge in [-0.1, -0.05) is 0 Å². The molecule has 1 aliphatic rings. The van der Waals surface area contributed by atoms with Crippen molar-refractivity contribution in [2.45, 2.75) is 50.0 Å². The van der Waals surface area contributed by atoms with Gasteiger partial charge in [-0.3, -0.25) is 18.9 Å². The first-order valence-electron chi connectivity index (χ1n) is 11.7. The summed E-state index contributed by atoms with van der Waals surface area (Å²) in [5, 5.41) is 26.3. The predicted molar refractivity (Wildman–Crippen MR) is 124 cm³/mol. The number of carbonyl (C=O) groups excluding carboxylic acids is 4. The molecule has 1 fully saturated rings. The van der Waals surface area contributed by atoms with Gasteiger partial charge < -0.3 is 63.9 Å². The van der Waals surface area contributed by atoms with Gasteiger partial charge in [0.2, 0.25) is 0 Å². The van der Waals surface area contributed by atoms with E-state index in [0.29, 0.717) is 25.7 Å². The molecule has 1 rings (SSSR count). The van der Waals surface area contributed by atoms with Crippen LogP contribution in [0.1, 0.15) is 25.7 Å². The second-order valence-corrected chi connectivity index (χ2v) is 11.3. The number of hydrogen-bond donors (Lipinski definition) is 6. The van der Waals surface area contributed by atoms with Crippen LogP contribution in [0.3, 0.4) is 0 Å². The predicted octanol–water partition coefficient (Wildman–Crippen LogP) is -4.40. The highest BCUT2D eigenvalue weighted by Gasteiger charge is 2.30. The average Bonchev–Trinajstić information content (AvgIpc) is 2.84. The van der Waals surface area contributed by atoms with Crippen LogP contribution in [0.5, 0.6) is 0 Å². The van der Waals surface area contributed by atoms with E-state index < -0.39 is 70.6 Å². The van der Waals surface area contributed by atoms with Gasteiger partial charge in [0.15, 0.2) is 12.2 Å². The highest BCUT2D eigenvalue weighted by Crippen LogP contribution is 2.37. The molecular weight excluding hydrogens is 572 g/mol. The first-order chi connectivity index (χ1) is 18.1. The number of esters is 1. The van der Waals surface area contributed by atoms with Gasteiger partial charge in [0.1, 0.15) is 14.2 Å². The summed E-state index contributed by atoms with van der Waals surface area (Å²) in [4.78, 5) is 77.4. The molecule has 6 N–H and O–H groups in total. The maximum absolute atomic E-state index is 12.0. The largest absolute Gasteiger partial charge is 0.779 e. The molecule has 0 saturated heterocycles. The molecular formula is C19H33N3O15P2-2. The van der Waals surface area contributed by atoms with Crippen LogP contribution in [-0.2, 0) is 46.8 Å². The number of nitrogens with one attached hydrogen (secondary N) is 3. The molecule has 1 aliphatic carbocycles. The molecule has 0 bridgehead atoms. The summed E-state index contributed by atoms with van der Waals surface area (Å²) in [7, 11) is -8.73. The third-order valence-electron chi connectivity index (χ3n) is 5.03. The van der Waals surface area contributed by atoms with E-state index in [1.807, 2.05) is 0 Å². The molecule has 0 aromatic rings. The number of hydrogen-bond acceptors (Lipinski definition) is 14. The Morgan fingerprint density at radius 2 is 1.44 bits per heavy atom. The molecule has 18 nitrogen and oxygen atoms in total. The number of aliphatic hydroxyl groups is 2. The molecule has 0 aromatic carbocycles. The van der Waals surface area contributed by atoms with Crippen LogP contribution >= 0.6 is 15.4 Å². The third-order valence-corrected chi connectivity index (χ3v) is 6.22. The molecule has 0 aliphatic heterocycles. The third kappa shape index (κ3) is 16.0. The number of carbonyl (C=O) groups is 4. The summed E-state index contributed by atoms with van der Waals surface area (Å²) in [5.74, 6) is -4.53. The van der Waals surface area contributed by atoms with Crippen molar-refractivity contribution in [2.24, 2.45) is 0 Å². The minimum absolute atomic E-state index is 0.142. The van der Waals surface area contributed by atoms with Crippen LogP contribution in [0.4, 0.5) is 0 Å². The second kappa shape index (κ2) is 17.0. The van der Waals surface area contributed by atoms with Crippen molar-refractivity contribution in [1.29, 1.82) is 0 Å². The zero-order chi connectivity index (χ0) is 29.6. The minimum atomic E-state index is -4.86. The monoisotopic (exact) mass is 605 g/mol. The van der Waals surface area contributed by atoms with E-state index >= 15 is 0 Å². The molecule has 0 aromatic heterocycles. The summed E-state index contributed by atoms with van der Waals surface area (Å²) in [6.45, 7) is -0.840. The fraction of sp³-hybridized carbons (Fsp3) is 0.789. The van der Waals surface area contributed by atoms with E-state index in [1.54, 1.807) is 0 Å². The van der Waals surface area contributed by atoms with E-state index in [2.05, 4.69) is 20.5 Å². The molecule has 20 heteroatoms. The SMILES string of the molecule is CP(=O)([O-])OC1CCC(NC(=O)C(=O)OCCNC(=O)[C@H](O)[C@@H](O)C(=O)NCCOCCOP(=O)([O-])O)CC1. The number of amides is 3. The van der Waals surface area contributed by atoms with Crippen molar-refractivity contribution in [3.63, 3.8) is 0 Å². The Morgan fingerprint density at radius 1 is 0.897 bits per heavy atom.